The second kappa shape index (κ2) is 3.90. The van der Waals surface area contributed by atoms with Crippen molar-refractivity contribution in [2.24, 2.45) is 0 Å². The Bertz CT molecular complexity index is 318. The molecule has 0 aliphatic heterocycles. The van der Waals surface area contributed by atoms with Crippen LogP contribution in [0.3, 0.4) is 0 Å². The number of rotatable bonds is 2. The van der Waals surface area contributed by atoms with Gasteiger partial charge in [-0.1, -0.05) is 13.0 Å². The van der Waals surface area contributed by atoms with E-state index in [0.717, 1.165) is 17.7 Å². The van der Waals surface area contributed by atoms with Gasteiger partial charge in [0.15, 0.2) is 0 Å². The molecule has 0 heterocycles. The van der Waals surface area contributed by atoms with E-state index in [2.05, 4.69) is 5.32 Å². The van der Waals surface area contributed by atoms with E-state index in [1.165, 1.54) is 6.07 Å². The number of nitrogens with one attached hydrogen (secondary N) is 1. The van der Waals surface area contributed by atoms with Crippen LogP contribution in [-0.2, 0) is 12.6 Å². The fourth-order valence-corrected chi connectivity index (χ4v) is 1.29. The molecule has 0 spiro atoms. The molecule has 4 heteroatoms. The summed E-state index contributed by atoms with van der Waals surface area (Å²) in [6, 6.07) is 3.76. The Morgan fingerprint density at radius 1 is 1.29 bits per heavy atom. The highest BCUT2D eigenvalue weighted by atomic mass is 19.4. The summed E-state index contributed by atoms with van der Waals surface area (Å²) in [4.78, 5) is 0. The van der Waals surface area contributed by atoms with Gasteiger partial charge < -0.3 is 5.32 Å². The topological polar surface area (TPSA) is 12.0 Å². The molecule has 0 atom stereocenters. The molecule has 1 nitrogen and oxygen atoms in total. The van der Waals surface area contributed by atoms with Gasteiger partial charge in [0.25, 0.3) is 0 Å². The molecular weight excluding hydrogens is 191 g/mol. The van der Waals surface area contributed by atoms with Gasteiger partial charge in [-0.15, -0.1) is 0 Å². The van der Waals surface area contributed by atoms with Gasteiger partial charge in [0.1, 0.15) is 0 Å². The summed E-state index contributed by atoms with van der Waals surface area (Å²) in [5.41, 5.74) is 0.821. The predicted molar refractivity (Wildman–Crippen MR) is 50.4 cm³/mol. The van der Waals surface area contributed by atoms with Crippen molar-refractivity contribution in [3.63, 3.8) is 0 Å². The summed E-state index contributed by atoms with van der Waals surface area (Å²) in [5.74, 6) is 0. The number of halogens is 3. The van der Waals surface area contributed by atoms with Crippen LogP contribution in [-0.4, -0.2) is 7.05 Å². The highest BCUT2D eigenvalue weighted by Gasteiger charge is 2.30. The molecule has 0 bridgehead atoms. The third-order valence-electron chi connectivity index (χ3n) is 2.09. The Kier molecular flexibility index (Phi) is 3.03. The van der Waals surface area contributed by atoms with Crippen LogP contribution in [0, 0.1) is 0 Å². The van der Waals surface area contributed by atoms with Crippen molar-refractivity contribution in [2.45, 2.75) is 19.5 Å². The van der Waals surface area contributed by atoms with E-state index in [1.54, 1.807) is 7.05 Å². The average molecular weight is 203 g/mol. The van der Waals surface area contributed by atoms with E-state index in [4.69, 9.17) is 0 Å². The second-order valence-corrected chi connectivity index (χ2v) is 2.97. The SMILES string of the molecule is CCc1ccc(C(F)(F)F)cc1NC. The van der Waals surface area contributed by atoms with Crippen LogP contribution < -0.4 is 5.32 Å². The highest BCUT2D eigenvalue weighted by Crippen LogP contribution is 2.32. The van der Waals surface area contributed by atoms with Gasteiger partial charge in [-0.3, -0.25) is 0 Å². The molecule has 1 N–H and O–H groups in total. The van der Waals surface area contributed by atoms with Crippen LogP contribution in [0.5, 0.6) is 0 Å². The number of benzene rings is 1. The number of alkyl halides is 3. The molecule has 0 unspecified atom stereocenters. The molecule has 1 aromatic rings. The van der Waals surface area contributed by atoms with Crippen LogP contribution in [0.2, 0.25) is 0 Å². The van der Waals surface area contributed by atoms with Gasteiger partial charge in [-0.25, -0.2) is 0 Å². The number of aryl methyl sites for hydroxylation is 1. The van der Waals surface area contributed by atoms with Crippen LogP contribution in [0.4, 0.5) is 18.9 Å². The quantitative estimate of drug-likeness (QED) is 0.777. The maximum Gasteiger partial charge on any atom is 0.416 e. The molecular formula is C10H12F3N. The molecule has 0 aliphatic rings. The maximum absolute atomic E-state index is 12.3. The molecule has 78 valence electrons. The number of hydrogen-bond donors (Lipinski definition) is 1. The van der Waals surface area contributed by atoms with Gasteiger partial charge in [-0.2, -0.15) is 13.2 Å². The summed E-state index contributed by atoms with van der Waals surface area (Å²) in [6.45, 7) is 1.91. The molecule has 14 heavy (non-hydrogen) atoms. The van der Waals surface area contributed by atoms with E-state index < -0.39 is 11.7 Å². The van der Waals surface area contributed by atoms with Crippen molar-refractivity contribution in [1.29, 1.82) is 0 Å². The van der Waals surface area contributed by atoms with Crippen molar-refractivity contribution in [3.8, 4) is 0 Å². The standard InChI is InChI=1S/C10H12F3N/c1-3-7-4-5-8(10(11,12)13)6-9(7)14-2/h4-6,14H,3H2,1-2H3. The Hall–Kier alpha value is -1.19. The Morgan fingerprint density at radius 2 is 1.93 bits per heavy atom. The molecule has 1 aromatic carbocycles. The van der Waals surface area contributed by atoms with Gasteiger partial charge in [0.2, 0.25) is 0 Å². The lowest BCUT2D eigenvalue weighted by Gasteiger charge is -2.11. The monoisotopic (exact) mass is 203 g/mol. The van der Waals surface area contributed by atoms with Gasteiger partial charge in [-0.05, 0) is 24.1 Å². The van der Waals surface area contributed by atoms with Crippen LogP contribution >= 0.6 is 0 Å². The molecule has 0 radical (unpaired) electrons. The second-order valence-electron chi connectivity index (χ2n) is 2.97. The molecule has 0 fully saturated rings. The lowest BCUT2D eigenvalue weighted by molar-refractivity contribution is -0.137. The third-order valence-corrected chi connectivity index (χ3v) is 2.09. The Morgan fingerprint density at radius 3 is 2.36 bits per heavy atom. The average Bonchev–Trinajstić information content (AvgIpc) is 2.15. The molecule has 0 amide bonds. The van der Waals surface area contributed by atoms with Gasteiger partial charge in [0.05, 0.1) is 5.56 Å². The van der Waals surface area contributed by atoms with E-state index in [9.17, 15) is 13.2 Å². The summed E-state index contributed by atoms with van der Waals surface area (Å²) < 4.78 is 36.9. The summed E-state index contributed by atoms with van der Waals surface area (Å²) in [5, 5.41) is 2.76. The molecule has 1 rings (SSSR count). The normalized spacial score (nSPS) is 11.5. The predicted octanol–water partition coefficient (Wildman–Crippen LogP) is 3.31. The molecule has 0 saturated carbocycles. The fourth-order valence-electron chi connectivity index (χ4n) is 1.29. The smallest absolute Gasteiger partial charge is 0.388 e. The van der Waals surface area contributed by atoms with E-state index >= 15 is 0 Å². The zero-order chi connectivity index (χ0) is 10.8. The largest absolute Gasteiger partial charge is 0.416 e. The maximum atomic E-state index is 12.3. The zero-order valence-electron chi connectivity index (χ0n) is 8.07. The Labute approximate surface area is 80.9 Å². The summed E-state index contributed by atoms with van der Waals surface area (Å²) in [7, 11) is 1.62. The van der Waals surface area contributed by atoms with Crippen molar-refractivity contribution in [2.75, 3.05) is 12.4 Å². The van der Waals surface area contributed by atoms with Gasteiger partial charge >= 0.3 is 6.18 Å². The van der Waals surface area contributed by atoms with Gasteiger partial charge in [0, 0.05) is 12.7 Å². The van der Waals surface area contributed by atoms with Crippen LogP contribution in [0.25, 0.3) is 0 Å². The lowest BCUT2D eigenvalue weighted by atomic mass is 10.1. The van der Waals surface area contributed by atoms with E-state index in [0.29, 0.717) is 12.1 Å². The first-order chi connectivity index (χ1) is 6.49. The summed E-state index contributed by atoms with van der Waals surface area (Å²) in [6.07, 6.45) is -3.55. The third kappa shape index (κ3) is 2.19. The zero-order valence-corrected chi connectivity index (χ0v) is 8.07. The first-order valence-corrected chi connectivity index (χ1v) is 4.37. The molecule has 0 aromatic heterocycles. The van der Waals surface area contributed by atoms with Crippen molar-refractivity contribution >= 4 is 5.69 Å². The first kappa shape index (κ1) is 10.9. The highest BCUT2D eigenvalue weighted by molar-refractivity contribution is 5.53. The van der Waals surface area contributed by atoms with Crippen molar-refractivity contribution in [1.82, 2.24) is 0 Å². The van der Waals surface area contributed by atoms with Crippen LogP contribution in [0.15, 0.2) is 18.2 Å². The van der Waals surface area contributed by atoms with E-state index in [1.807, 2.05) is 6.92 Å². The van der Waals surface area contributed by atoms with Crippen molar-refractivity contribution in [3.05, 3.63) is 29.3 Å². The van der Waals surface area contributed by atoms with Crippen LogP contribution in [0.1, 0.15) is 18.1 Å². The minimum Gasteiger partial charge on any atom is -0.388 e. The Balaban J connectivity index is 3.14. The fraction of sp³-hybridized carbons (Fsp3) is 0.400. The van der Waals surface area contributed by atoms with Crippen molar-refractivity contribution < 1.29 is 13.2 Å². The number of hydrogen-bond acceptors (Lipinski definition) is 1. The first-order valence-electron chi connectivity index (χ1n) is 4.37. The lowest BCUT2D eigenvalue weighted by Crippen LogP contribution is -2.06. The molecule has 0 saturated heterocycles. The minimum absolute atomic E-state index is 0.544. The molecule has 0 aliphatic carbocycles. The number of anilines is 1. The summed E-state index contributed by atoms with van der Waals surface area (Å²) >= 11 is 0. The van der Waals surface area contributed by atoms with E-state index in [-0.39, 0.29) is 0 Å². The minimum atomic E-state index is -4.27.